The summed E-state index contributed by atoms with van der Waals surface area (Å²) in [5.74, 6) is 1.96. The Hall–Kier alpha value is -1.35. The van der Waals surface area contributed by atoms with Gasteiger partial charge in [-0.1, -0.05) is 25.3 Å². The van der Waals surface area contributed by atoms with Crippen LogP contribution < -0.4 is 0 Å². The highest BCUT2D eigenvalue weighted by Gasteiger charge is 2.45. The number of ketones is 1. The molecular formula is C19H24O3. The Kier molecular flexibility index (Phi) is 3.48. The molecule has 1 aromatic carbocycles. The number of aromatic hydroxyl groups is 1. The number of carbonyl (C=O) groups is 1. The van der Waals surface area contributed by atoms with E-state index in [0.717, 1.165) is 25.2 Å². The van der Waals surface area contributed by atoms with Crippen LogP contribution in [0.5, 0.6) is 5.75 Å². The highest BCUT2D eigenvalue weighted by atomic mass is 16.3. The molecule has 2 N–H and O–H groups in total. The molecule has 118 valence electrons. The predicted octanol–water partition coefficient (Wildman–Crippen LogP) is 3.18. The fourth-order valence-electron chi connectivity index (χ4n) is 4.72. The maximum Gasteiger partial charge on any atom is 0.162 e. The summed E-state index contributed by atoms with van der Waals surface area (Å²) < 4.78 is 0. The number of phenolic OH excluding ortho intramolecular Hbond substituents is 1. The number of phenols is 1. The second kappa shape index (κ2) is 5.38. The lowest BCUT2D eigenvalue weighted by Crippen LogP contribution is -2.45. The van der Waals surface area contributed by atoms with Gasteiger partial charge in [-0.25, -0.2) is 0 Å². The number of benzene rings is 1. The summed E-state index contributed by atoms with van der Waals surface area (Å²) in [7, 11) is 0. The van der Waals surface area contributed by atoms with Crippen molar-refractivity contribution in [2.75, 3.05) is 0 Å². The normalized spacial score (nSPS) is 34.1. The molecule has 0 aromatic heterocycles. The van der Waals surface area contributed by atoms with Crippen LogP contribution in [0.3, 0.4) is 0 Å². The van der Waals surface area contributed by atoms with Gasteiger partial charge in [0, 0.05) is 6.42 Å². The molecule has 3 nitrogen and oxygen atoms in total. The van der Waals surface area contributed by atoms with Gasteiger partial charge in [0.2, 0.25) is 0 Å². The Labute approximate surface area is 131 Å². The van der Waals surface area contributed by atoms with E-state index in [1.54, 1.807) is 6.07 Å². The smallest absolute Gasteiger partial charge is 0.162 e. The topological polar surface area (TPSA) is 57.5 Å². The van der Waals surface area contributed by atoms with Crippen molar-refractivity contribution in [1.29, 1.82) is 0 Å². The predicted molar refractivity (Wildman–Crippen MR) is 83.7 cm³/mol. The van der Waals surface area contributed by atoms with Crippen LogP contribution in [-0.2, 0) is 11.2 Å². The highest BCUT2D eigenvalue weighted by Crippen LogP contribution is 2.49. The number of fused-ring (bicyclic) bond motifs is 3. The van der Waals surface area contributed by atoms with Crippen molar-refractivity contribution in [3.05, 3.63) is 29.3 Å². The number of aryl methyl sites for hydroxylation is 1. The fourth-order valence-corrected chi connectivity index (χ4v) is 4.72. The number of hydrogen-bond acceptors (Lipinski definition) is 3. The molecule has 0 radical (unpaired) electrons. The van der Waals surface area contributed by atoms with Gasteiger partial charge in [0.1, 0.15) is 11.9 Å². The zero-order valence-corrected chi connectivity index (χ0v) is 12.9. The Morgan fingerprint density at radius 1 is 1.14 bits per heavy atom. The van der Waals surface area contributed by atoms with Crippen LogP contribution in [0.15, 0.2) is 18.2 Å². The summed E-state index contributed by atoms with van der Waals surface area (Å²) in [6.45, 7) is 0. The van der Waals surface area contributed by atoms with Crippen LogP contribution in [0.4, 0.5) is 0 Å². The van der Waals surface area contributed by atoms with Crippen molar-refractivity contribution < 1.29 is 15.0 Å². The molecule has 0 heterocycles. The molecule has 0 aliphatic heterocycles. The number of carbonyl (C=O) groups excluding carboxylic acids is 1. The molecule has 0 saturated heterocycles. The van der Waals surface area contributed by atoms with Crippen molar-refractivity contribution in [3.8, 4) is 5.75 Å². The van der Waals surface area contributed by atoms with Crippen LogP contribution in [-0.4, -0.2) is 22.1 Å². The first-order chi connectivity index (χ1) is 10.6. The van der Waals surface area contributed by atoms with E-state index >= 15 is 0 Å². The van der Waals surface area contributed by atoms with Crippen LogP contribution in [0, 0.1) is 17.8 Å². The van der Waals surface area contributed by atoms with Gasteiger partial charge in [0.15, 0.2) is 5.78 Å². The van der Waals surface area contributed by atoms with Crippen LogP contribution in [0.2, 0.25) is 0 Å². The number of rotatable bonds is 3. The Morgan fingerprint density at radius 2 is 1.95 bits per heavy atom. The van der Waals surface area contributed by atoms with Crippen LogP contribution in [0.25, 0.3) is 0 Å². The van der Waals surface area contributed by atoms with E-state index in [4.69, 9.17) is 0 Å². The van der Waals surface area contributed by atoms with E-state index in [9.17, 15) is 15.0 Å². The first kappa shape index (κ1) is 14.3. The van der Waals surface area contributed by atoms with Gasteiger partial charge in [-0.2, -0.15) is 0 Å². The minimum absolute atomic E-state index is 0.0166. The van der Waals surface area contributed by atoms with Gasteiger partial charge in [-0.3, -0.25) is 4.79 Å². The average molecular weight is 300 g/mol. The zero-order chi connectivity index (χ0) is 15.3. The number of hydrogen-bond donors (Lipinski definition) is 2. The Morgan fingerprint density at radius 3 is 2.73 bits per heavy atom. The molecule has 2 fully saturated rings. The van der Waals surface area contributed by atoms with Gasteiger partial charge in [0.05, 0.1) is 0 Å². The standard InChI is InChI=1S/C19H24O3/c20-13-5-8-14-12(9-13)4-7-15-16(6-3-11-1-2-11)19(22)18(21)10-17(14)15/h5,8-9,11,15-17,19-20,22H,1-4,6-7,10H2/t15-,16?,17-,19+/m0/s1. The lowest BCUT2D eigenvalue weighted by molar-refractivity contribution is -0.137. The molecule has 1 aromatic rings. The maximum atomic E-state index is 12.3. The van der Waals surface area contributed by atoms with Crippen molar-refractivity contribution >= 4 is 5.78 Å². The van der Waals surface area contributed by atoms with E-state index < -0.39 is 6.10 Å². The third kappa shape index (κ3) is 2.45. The molecule has 0 amide bonds. The molecule has 22 heavy (non-hydrogen) atoms. The van der Waals surface area contributed by atoms with E-state index in [2.05, 4.69) is 0 Å². The third-order valence-corrected chi connectivity index (χ3v) is 6.10. The summed E-state index contributed by atoms with van der Waals surface area (Å²) in [4.78, 5) is 12.3. The second-order valence-electron chi connectivity index (χ2n) is 7.49. The Balaban J connectivity index is 1.61. The van der Waals surface area contributed by atoms with Gasteiger partial charge >= 0.3 is 0 Å². The minimum atomic E-state index is -0.751. The van der Waals surface area contributed by atoms with Gasteiger partial charge in [0.25, 0.3) is 0 Å². The van der Waals surface area contributed by atoms with E-state index in [1.165, 1.54) is 30.4 Å². The summed E-state index contributed by atoms with van der Waals surface area (Å²) >= 11 is 0. The van der Waals surface area contributed by atoms with Crippen molar-refractivity contribution in [3.63, 3.8) is 0 Å². The molecule has 0 bridgehead atoms. The lowest BCUT2D eigenvalue weighted by Gasteiger charge is -2.44. The molecule has 0 spiro atoms. The zero-order valence-electron chi connectivity index (χ0n) is 12.9. The molecule has 4 rings (SSSR count). The first-order valence-electron chi connectivity index (χ1n) is 8.66. The molecule has 1 unspecified atom stereocenters. The fraction of sp³-hybridized carbons (Fsp3) is 0.632. The Bertz CT molecular complexity index is 590. The number of Topliss-reactive ketones (excluding diaryl/α,β-unsaturated/α-hetero) is 1. The van der Waals surface area contributed by atoms with Crippen molar-refractivity contribution in [2.24, 2.45) is 17.8 Å². The maximum absolute atomic E-state index is 12.3. The monoisotopic (exact) mass is 300 g/mol. The summed E-state index contributed by atoms with van der Waals surface area (Å²) in [5, 5.41) is 20.1. The van der Waals surface area contributed by atoms with E-state index in [0.29, 0.717) is 18.1 Å². The minimum Gasteiger partial charge on any atom is -0.508 e. The highest BCUT2D eigenvalue weighted by molar-refractivity contribution is 5.85. The molecule has 3 heteroatoms. The molecule has 2 saturated carbocycles. The molecule has 3 aliphatic rings. The SMILES string of the molecule is O=C1C[C@H]2c3ccc(O)cc3CC[C@H]2C(CCC2CC2)[C@H]1O. The van der Waals surface area contributed by atoms with Gasteiger partial charge in [-0.05, 0) is 66.2 Å². The van der Waals surface area contributed by atoms with Crippen LogP contribution >= 0.6 is 0 Å². The van der Waals surface area contributed by atoms with Crippen molar-refractivity contribution in [2.45, 2.75) is 57.0 Å². The summed E-state index contributed by atoms with van der Waals surface area (Å²) in [5.41, 5.74) is 2.41. The van der Waals surface area contributed by atoms with Gasteiger partial charge < -0.3 is 10.2 Å². The first-order valence-corrected chi connectivity index (χ1v) is 8.66. The van der Waals surface area contributed by atoms with Crippen LogP contribution in [0.1, 0.15) is 55.6 Å². The second-order valence-corrected chi connectivity index (χ2v) is 7.49. The largest absolute Gasteiger partial charge is 0.508 e. The molecular weight excluding hydrogens is 276 g/mol. The molecule has 3 aliphatic carbocycles. The number of aliphatic hydroxyl groups is 1. The van der Waals surface area contributed by atoms with Crippen molar-refractivity contribution in [1.82, 2.24) is 0 Å². The quantitative estimate of drug-likeness (QED) is 0.901. The average Bonchev–Trinajstić information content (AvgIpc) is 3.31. The summed E-state index contributed by atoms with van der Waals surface area (Å²) in [6.07, 6.45) is 6.50. The third-order valence-electron chi connectivity index (χ3n) is 6.10. The summed E-state index contributed by atoms with van der Waals surface area (Å²) in [6, 6.07) is 5.57. The van der Waals surface area contributed by atoms with Gasteiger partial charge in [-0.15, -0.1) is 0 Å². The van der Waals surface area contributed by atoms with E-state index in [1.807, 2.05) is 12.1 Å². The number of aliphatic hydroxyl groups excluding tert-OH is 1. The lowest BCUT2D eigenvalue weighted by atomic mass is 9.61. The van der Waals surface area contributed by atoms with E-state index in [-0.39, 0.29) is 17.6 Å². The molecule has 4 atom stereocenters.